The highest BCUT2D eigenvalue weighted by Crippen LogP contribution is 2.22. The molecule has 7 heteroatoms. The lowest BCUT2D eigenvalue weighted by atomic mass is 9.89. The molecule has 5 N–H and O–H groups in total. The van der Waals surface area contributed by atoms with Crippen LogP contribution in [0, 0.1) is 5.41 Å². The Labute approximate surface area is 99.1 Å². The molecular formula is C10H17N5O2. The fraction of sp³-hybridized carbons (Fsp3) is 0.500. The lowest BCUT2D eigenvalue weighted by Gasteiger charge is -2.21. The Hall–Kier alpha value is -2.05. The number of anilines is 1. The van der Waals surface area contributed by atoms with Crippen LogP contribution in [0.1, 0.15) is 32.8 Å². The first-order valence-corrected chi connectivity index (χ1v) is 5.25. The van der Waals surface area contributed by atoms with E-state index in [2.05, 4.69) is 20.7 Å². The fourth-order valence-corrected chi connectivity index (χ4v) is 1.07. The zero-order valence-corrected chi connectivity index (χ0v) is 10.1. The predicted molar refractivity (Wildman–Crippen MR) is 63.8 cm³/mol. The number of oxime groups is 1. The zero-order chi connectivity index (χ0) is 13.1. The quantitative estimate of drug-likeness (QED) is 0.270. The summed E-state index contributed by atoms with van der Waals surface area (Å²) in [7, 11) is 0. The van der Waals surface area contributed by atoms with Gasteiger partial charge in [-0.1, -0.05) is 25.9 Å². The Morgan fingerprint density at radius 3 is 2.88 bits per heavy atom. The number of amides is 1. The average Bonchev–Trinajstić information content (AvgIpc) is 2.76. The molecule has 0 saturated heterocycles. The van der Waals surface area contributed by atoms with Crippen LogP contribution in [0.2, 0.25) is 0 Å². The highest BCUT2D eigenvalue weighted by molar-refractivity contribution is 6.05. The number of amidine groups is 1. The maximum atomic E-state index is 11.9. The monoisotopic (exact) mass is 239 g/mol. The SMILES string of the molecule is CCC(C)(C)C(=O)Nc1[nH]ncc1C(N)=NO. The van der Waals surface area contributed by atoms with E-state index in [1.165, 1.54) is 6.20 Å². The third kappa shape index (κ3) is 2.74. The molecule has 1 aromatic heterocycles. The lowest BCUT2D eigenvalue weighted by molar-refractivity contribution is -0.124. The van der Waals surface area contributed by atoms with E-state index in [4.69, 9.17) is 10.9 Å². The van der Waals surface area contributed by atoms with Crippen molar-refractivity contribution in [2.24, 2.45) is 16.3 Å². The normalized spacial score (nSPS) is 12.5. The van der Waals surface area contributed by atoms with Gasteiger partial charge in [-0.05, 0) is 6.42 Å². The minimum atomic E-state index is -0.493. The molecule has 94 valence electrons. The van der Waals surface area contributed by atoms with E-state index in [-0.39, 0.29) is 11.7 Å². The zero-order valence-electron chi connectivity index (χ0n) is 10.1. The van der Waals surface area contributed by atoms with Crippen LogP contribution in [0.5, 0.6) is 0 Å². The van der Waals surface area contributed by atoms with E-state index in [9.17, 15) is 4.79 Å². The maximum absolute atomic E-state index is 11.9. The summed E-state index contributed by atoms with van der Waals surface area (Å²) in [6.45, 7) is 5.60. The van der Waals surface area contributed by atoms with Crippen LogP contribution in [-0.4, -0.2) is 27.1 Å². The van der Waals surface area contributed by atoms with Crippen molar-refractivity contribution in [2.45, 2.75) is 27.2 Å². The van der Waals surface area contributed by atoms with Gasteiger partial charge in [-0.25, -0.2) is 0 Å². The van der Waals surface area contributed by atoms with Gasteiger partial charge < -0.3 is 16.3 Å². The number of hydrogen-bond donors (Lipinski definition) is 4. The second-order valence-corrected chi connectivity index (χ2v) is 4.34. The van der Waals surface area contributed by atoms with Gasteiger partial charge in [-0.3, -0.25) is 9.89 Å². The summed E-state index contributed by atoms with van der Waals surface area (Å²) in [5, 5.41) is 20.4. The number of nitrogens with zero attached hydrogens (tertiary/aromatic N) is 2. The van der Waals surface area contributed by atoms with Gasteiger partial charge in [0.05, 0.1) is 11.8 Å². The van der Waals surface area contributed by atoms with Crippen LogP contribution in [-0.2, 0) is 4.79 Å². The first-order chi connectivity index (χ1) is 7.92. The molecule has 17 heavy (non-hydrogen) atoms. The van der Waals surface area contributed by atoms with Gasteiger partial charge in [-0.2, -0.15) is 5.10 Å². The second-order valence-electron chi connectivity index (χ2n) is 4.34. The number of carbonyl (C=O) groups excluding carboxylic acids is 1. The summed E-state index contributed by atoms with van der Waals surface area (Å²) >= 11 is 0. The standard InChI is InChI=1S/C10H17N5O2/c1-4-10(2,3)9(16)13-8-6(5-12-14-8)7(11)15-17/h5,17H,4H2,1-3H3,(H2,11,15)(H2,12,13,14,16). The van der Waals surface area contributed by atoms with Gasteiger partial charge in [-0.15, -0.1) is 0 Å². The van der Waals surface area contributed by atoms with Gasteiger partial charge in [0.25, 0.3) is 0 Å². The van der Waals surface area contributed by atoms with Crippen LogP contribution >= 0.6 is 0 Å². The number of nitrogens with one attached hydrogen (secondary N) is 2. The van der Waals surface area contributed by atoms with Crippen LogP contribution in [0.3, 0.4) is 0 Å². The lowest BCUT2D eigenvalue weighted by Crippen LogP contribution is -2.31. The van der Waals surface area contributed by atoms with Crippen LogP contribution in [0.15, 0.2) is 11.4 Å². The molecule has 0 bridgehead atoms. The average molecular weight is 239 g/mol. The number of nitrogens with two attached hydrogens (primary N) is 1. The molecule has 0 aliphatic rings. The predicted octanol–water partition coefficient (Wildman–Crippen LogP) is 0.879. The third-order valence-corrected chi connectivity index (χ3v) is 2.76. The minimum Gasteiger partial charge on any atom is -0.409 e. The molecule has 0 aromatic carbocycles. The number of aromatic amines is 1. The number of rotatable bonds is 4. The van der Waals surface area contributed by atoms with Gasteiger partial charge in [0.2, 0.25) is 5.91 Å². The molecule has 0 atom stereocenters. The summed E-state index contributed by atoms with van der Waals surface area (Å²) in [6.07, 6.45) is 2.08. The topological polar surface area (TPSA) is 116 Å². The van der Waals surface area contributed by atoms with Crippen LogP contribution in [0.4, 0.5) is 5.82 Å². The van der Waals surface area contributed by atoms with E-state index in [1.807, 2.05) is 20.8 Å². The molecule has 7 nitrogen and oxygen atoms in total. The van der Waals surface area contributed by atoms with Crippen molar-refractivity contribution < 1.29 is 10.0 Å². The smallest absolute Gasteiger partial charge is 0.231 e. The van der Waals surface area contributed by atoms with E-state index >= 15 is 0 Å². The molecule has 0 aliphatic heterocycles. The number of hydrogen-bond acceptors (Lipinski definition) is 4. The Bertz CT molecular complexity index is 436. The van der Waals surface area contributed by atoms with Crippen LogP contribution in [0.25, 0.3) is 0 Å². The van der Waals surface area contributed by atoms with E-state index < -0.39 is 5.41 Å². The summed E-state index contributed by atoms with van der Waals surface area (Å²) in [5.74, 6) is 0.0615. The minimum absolute atomic E-state index is 0.108. The van der Waals surface area contributed by atoms with Crippen molar-refractivity contribution in [3.05, 3.63) is 11.8 Å². The van der Waals surface area contributed by atoms with Crippen molar-refractivity contribution in [3.63, 3.8) is 0 Å². The van der Waals surface area contributed by atoms with Crippen LogP contribution < -0.4 is 11.1 Å². The third-order valence-electron chi connectivity index (χ3n) is 2.76. The van der Waals surface area contributed by atoms with Crippen molar-refractivity contribution in [3.8, 4) is 0 Å². The number of carbonyl (C=O) groups is 1. The van der Waals surface area contributed by atoms with Crippen molar-refractivity contribution in [2.75, 3.05) is 5.32 Å². The Balaban J connectivity index is 2.90. The maximum Gasteiger partial charge on any atom is 0.231 e. The highest BCUT2D eigenvalue weighted by Gasteiger charge is 2.26. The summed E-state index contributed by atoms with van der Waals surface area (Å²) < 4.78 is 0. The van der Waals surface area contributed by atoms with Gasteiger partial charge >= 0.3 is 0 Å². The molecule has 0 radical (unpaired) electrons. The largest absolute Gasteiger partial charge is 0.409 e. The molecule has 1 heterocycles. The Morgan fingerprint density at radius 1 is 1.71 bits per heavy atom. The summed E-state index contributed by atoms with van der Waals surface area (Å²) in [6, 6.07) is 0. The molecule has 1 rings (SSSR count). The summed E-state index contributed by atoms with van der Waals surface area (Å²) in [4.78, 5) is 11.9. The van der Waals surface area contributed by atoms with Gasteiger partial charge in [0, 0.05) is 5.41 Å². The number of H-pyrrole nitrogens is 1. The molecule has 0 fully saturated rings. The van der Waals surface area contributed by atoms with Gasteiger partial charge in [0.1, 0.15) is 5.82 Å². The molecule has 0 aliphatic carbocycles. The molecule has 0 spiro atoms. The second kappa shape index (κ2) is 4.86. The molecule has 0 saturated carbocycles. The Kier molecular flexibility index (Phi) is 3.72. The first kappa shape index (κ1) is 13.0. The van der Waals surface area contributed by atoms with E-state index in [0.717, 1.165) is 0 Å². The summed E-state index contributed by atoms with van der Waals surface area (Å²) in [5.41, 5.74) is 5.31. The molecular weight excluding hydrogens is 222 g/mol. The first-order valence-electron chi connectivity index (χ1n) is 5.25. The molecule has 0 unspecified atom stereocenters. The highest BCUT2D eigenvalue weighted by atomic mass is 16.4. The molecule has 1 aromatic rings. The van der Waals surface area contributed by atoms with E-state index in [1.54, 1.807) is 0 Å². The van der Waals surface area contributed by atoms with E-state index in [0.29, 0.717) is 17.8 Å². The molecule has 1 amide bonds. The number of aromatic nitrogens is 2. The Morgan fingerprint density at radius 2 is 2.35 bits per heavy atom. The fourth-order valence-electron chi connectivity index (χ4n) is 1.07. The van der Waals surface area contributed by atoms with Crippen molar-refractivity contribution in [1.82, 2.24) is 10.2 Å². The van der Waals surface area contributed by atoms with Crippen molar-refractivity contribution >= 4 is 17.6 Å². The van der Waals surface area contributed by atoms with Gasteiger partial charge in [0.15, 0.2) is 5.84 Å². The van der Waals surface area contributed by atoms with Crippen molar-refractivity contribution in [1.29, 1.82) is 0 Å².